The van der Waals surface area contributed by atoms with Gasteiger partial charge in [-0.05, 0) is 45.4 Å². The molecular weight excluding hydrogens is 460 g/mol. The molecule has 0 amide bonds. The maximum atomic E-state index is 11.7. The van der Waals surface area contributed by atoms with Gasteiger partial charge in [0, 0.05) is 17.0 Å². The number of benzene rings is 4. The average molecular weight is 489 g/mol. The van der Waals surface area contributed by atoms with E-state index in [2.05, 4.69) is 73.4 Å². The molecular formula is C32H28N2O3. The van der Waals surface area contributed by atoms with Crippen molar-refractivity contribution < 1.29 is 14.7 Å². The number of para-hydroxylation sites is 1. The van der Waals surface area contributed by atoms with Gasteiger partial charge in [-0.1, -0.05) is 98.7 Å². The highest BCUT2D eigenvalue weighted by Crippen LogP contribution is 2.51. The third kappa shape index (κ3) is 3.97. The number of rotatable bonds is 4. The number of phenolic OH excluding ortho intramolecular Hbond substituents is 2. The highest BCUT2D eigenvalue weighted by atomic mass is 16.5. The Morgan fingerprint density at radius 3 is 2.03 bits per heavy atom. The summed E-state index contributed by atoms with van der Waals surface area (Å²) in [6, 6.07) is 27.9. The molecule has 5 heteroatoms. The summed E-state index contributed by atoms with van der Waals surface area (Å²) in [5, 5.41) is 26.1. The SMILES string of the molecule is CC(C)(C)c1cc(-c2noc(Cc3ccccc3O)n2)c(O)c(C2c3ccccc3-c3ccccc32)c1. The van der Waals surface area contributed by atoms with E-state index in [0.717, 1.165) is 11.1 Å². The van der Waals surface area contributed by atoms with Crippen molar-refractivity contribution in [2.75, 3.05) is 0 Å². The molecule has 6 rings (SSSR count). The van der Waals surface area contributed by atoms with Crippen LogP contribution in [0.4, 0.5) is 0 Å². The van der Waals surface area contributed by atoms with E-state index in [4.69, 9.17) is 4.52 Å². The van der Waals surface area contributed by atoms with Crippen molar-refractivity contribution in [3.8, 4) is 34.0 Å². The number of phenols is 2. The molecule has 1 aliphatic carbocycles. The van der Waals surface area contributed by atoms with Gasteiger partial charge in [0.2, 0.25) is 11.7 Å². The van der Waals surface area contributed by atoms with Crippen LogP contribution >= 0.6 is 0 Å². The van der Waals surface area contributed by atoms with E-state index in [9.17, 15) is 10.2 Å². The Morgan fingerprint density at radius 2 is 1.38 bits per heavy atom. The lowest BCUT2D eigenvalue weighted by Crippen LogP contribution is -2.13. The number of aromatic hydroxyl groups is 2. The van der Waals surface area contributed by atoms with Crippen LogP contribution in [-0.2, 0) is 11.8 Å². The molecule has 1 aliphatic rings. The fraction of sp³-hybridized carbons (Fsp3) is 0.188. The monoisotopic (exact) mass is 488 g/mol. The van der Waals surface area contributed by atoms with Crippen LogP contribution < -0.4 is 0 Å². The fourth-order valence-corrected chi connectivity index (χ4v) is 5.23. The minimum absolute atomic E-state index is 0.110. The number of hydrogen-bond donors (Lipinski definition) is 2. The van der Waals surface area contributed by atoms with Crippen LogP contribution in [0, 0.1) is 0 Å². The largest absolute Gasteiger partial charge is 0.508 e. The summed E-state index contributed by atoms with van der Waals surface area (Å²) in [6.45, 7) is 6.47. The van der Waals surface area contributed by atoms with Crippen LogP contribution in [0.25, 0.3) is 22.5 Å². The zero-order valence-electron chi connectivity index (χ0n) is 21.1. The number of nitrogens with zero attached hydrogens (tertiary/aromatic N) is 2. The molecule has 4 aromatic carbocycles. The van der Waals surface area contributed by atoms with Crippen LogP contribution in [0.2, 0.25) is 0 Å². The minimum atomic E-state index is -0.169. The second-order valence-electron chi connectivity index (χ2n) is 10.6. The first-order valence-corrected chi connectivity index (χ1v) is 12.5. The van der Waals surface area contributed by atoms with Crippen LogP contribution in [0.15, 0.2) is 89.5 Å². The van der Waals surface area contributed by atoms with Crippen LogP contribution in [0.1, 0.15) is 60.4 Å². The molecule has 37 heavy (non-hydrogen) atoms. The summed E-state index contributed by atoms with van der Waals surface area (Å²) in [4.78, 5) is 4.61. The first-order valence-electron chi connectivity index (χ1n) is 12.5. The van der Waals surface area contributed by atoms with Gasteiger partial charge in [0.05, 0.1) is 12.0 Å². The maximum absolute atomic E-state index is 11.7. The second kappa shape index (κ2) is 8.63. The van der Waals surface area contributed by atoms with Gasteiger partial charge in [0.25, 0.3) is 0 Å². The van der Waals surface area contributed by atoms with E-state index in [1.165, 1.54) is 22.3 Å². The highest BCUT2D eigenvalue weighted by Gasteiger charge is 2.33. The van der Waals surface area contributed by atoms with Crippen molar-refractivity contribution in [1.82, 2.24) is 10.1 Å². The molecule has 0 spiro atoms. The lowest BCUT2D eigenvalue weighted by molar-refractivity contribution is 0.382. The number of hydrogen-bond acceptors (Lipinski definition) is 5. The summed E-state index contributed by atoms with van der Waals surface area (Å²) in [5.41, 5.74) is 7.69. The Bertz CT molecular complexity index is 1580. The number of fused-ring (bicyclic) bond motifs is 3. The molecule has 1 heterocycles. The number of aromatic nitrogens is 2. The normalized spacial score (nSPS) is 12.9. The summed E-state index contributed by atoms with van der Waals surface area (Å²) in [6.07, 6.45) is 0.301. The summed E-state index contributed by atoms with van der Waals surface area (Å²) in [7, 11) is 0. The van der Waals surface area contributed by atoms with Gasteiger partial charge in [-0.2, -0.15) is 4.98 Å². The molecule has 0 aliphatic heterocycles. The molecule has 2 N–H and O–H groups in total. The third-order valence-corrected chi connectivity index (χ3v) is 7.19. The van der Waals surface area contributed by atoms with Gasteiger partial charge >= 0.3 is 0 Å². The topological polar surface area (TPSA) is 79.4 Å². The smallest absolute Gasteiger partial charge is 0.231 e. The van der Waals surface area contributed by atoms with Gasteiger partial charge < -0.3 is 14.7 Å². The lowest BCUT2D eigenvalue weighted by atomic mass is 9.80. The van der Waals surface area contributed by atoms with Crippen molar-refractivity contribution in [1.29, 1.82) is 0 Å². The molecule has 0 bridgehead atoms. The Morgan fingerprint density at radius 1 is 0.757 bits per heavy atom. The van der Waals surface area contributed by atoms with Gasteiger partial charge in [0.1, 0.15) is 11.5 Å². The van der Waals surface area contributed by atoms with Crippen molar-refractivity contribution in [3.05, 3.63) is 119 Å². The Balaban J connectivity index is 1.50. The Labute approximate surface area is 216 Å². The van der Waals surface area contributed by atoms with Gasteiger partial charge in [-0.25, -0.2) is 0 Å². The van der Waals surface area contributed by atoms with Gasteiger partial charge in [-0.3, -0.25) is 0 Å². The highest BCUT2D eigenvalue weighted by molar-refractivity contribution is 5.82. The fourth-order valence-electron chi connectivity index (χ4n) is 5.23. The summed E-state index contributed by atoms with van der Waals surface area (Å²) >= 11 is 0. The molecule has 0 saturated carbocycles. The molecule has 0 atom stereocenters. The van der Waals surface area contributed by atoms with Crippen LogP contribution in [0.5, 0.6) is 11.5 Å². The molecule has 0 saturated heterocycles. The quantitative estimate of drug-likeness (QED) is 0.274. The molecule has 0 radical (unpaired) electrons. The summed E-state index contributed by atoms with van der Waals surface area (Å²) < 4.78 is 5.55. The minimum Gasteiger partial charge on any atom is -0.508 e. The summed E-state index contributed by atoms with van der Waals surface area (Å²) in [5.74, 6) is 0.922. The van der Waals surface area contributed by atoms with E-state index in [1.54, 1.807) is 12.1 Å². The van der Waals surface area contributed by atoms with Crippen molar-refractivity contribution >= 4 is 0 Å². The van der Waals surface area contributed by atoms with Crippen LogP contribution in [0.3, 0.4) is 0 Å². The average Bonchev–Trinajstić information content (AvgIpc) is 3.48. The molecule has 5 nitrogen and oxygen atoms in total. The third-order valence-electron chi connectivity index (χ3n) is 7.19. The zero-order chi connectivity index (χ0) is 25.7. The lowest BCUT2D eigenvalue weighted by Gasteiger charge is -2.24. The molecule has 184 valence electrons. The molecule has 0 unspecified atom stereocenters. The molecule has 0 fully saturated rings. The first kappa shape index (κ1) is 23.0. The Kier molecular flexibility index (Phi) is 5.37. The van der Waals surface area contributed by atoms with E-state index in [0.29, 0.717) is 29.3 Å². The molecule has 1 aromatic heterocycles. The van der Waals surface area contributed by atoms with E-state index >= 15 is 0 Å². The standard InChI is InChI=1S/C32H28N2O3/c1-32(2,3)20-17-25(29-23-13-7-5-11-21(23)22-12-6-8-14-24(22)29)30(36)26(18-20)31-33-28(37-34-31)16-19-10-4-9-15-27(19)35/h4-15,17-18,29,35-36H,16H2,1-3H3. The van der Waals surface area contributed by atoms with E-state index in [-0.39, 0.29) is 22.8 Å². The van der Waals surface area contributed by atoms with Crippen LogP contribution in [-0.4, -0.2) is 20.4 Å². The van der Waals surface area contributed by atoms with Gasteiger partial charge in [0.15, 0.2) is 0 Å². The predicted octanol–water partition coefficient (Wildman–Crippen LogP) is 7.20. The second-order valence-corrected chi connectivity index (χ2v) is 10.6. The first-order chi connectivity index (χ1) is 17.8. The zero-order valence-corrected chi connectivity index (χ0v) is 21.1. The van der Waals surface area contributed by atoms with Gasteiger partial charge in [-0.15, -0.1) is 0 Å². The van der Waals surface area contributed by atoms with Crippen molar-refractivity contribution in [2.24, 2.45) is 0 Å². The van der Waals surface area contributed by atoms with Crippen molar-refractivity contribution in [2.45, 2.75) is 38.5 Å². The maximum Gasteiger partial charge on any atom is 0.231 e. The predicted molar refractivity (Wildman–Crippen MR) is 144 cm³/mol. The van der Waals surface area contributed by atoms with Crippen molar-refractivity contribution in [3.63, 3.8) is 0 Å². The Hall–Kier alpha value is -4.38. The molecule has 5 aromatic rings. The van der Waals surface area contributed by atoms with E-state index in [1.807, 2.05) is 30.3 Å². The van der Waals surface area contributed by atoms with E-state index < -0.39 is 0 Å².